The molecule has 0 spiro atoms. The number of anilines is 2. The Balaban J connectivity index is 2.31. The molecule has 2 rings (SSSR count). The van der Waals surface area contributed by atoms with Crippen molar-refractivity contribution in [2.75, 3.05) is 23.8 Å². The number of nitrogens with zero attached hydrogens (tertiary/aromatic N) is 3. The molecule has 2 aromatic heterocycles. The van der Waals surface area contributed by atoms with E-state index in [1.54, 1.807) is 6.20 Å². The molecule has 20 heavy (non-hydrogen) atoms. The summed E-state index contributed by atoms with van der Waals surface area (Å²) in [5, 5.41) is 23.6. The molecular weight excluding hydrogens is 256 g/mol. The Hall–Kier alpha value is -1.89. The third-order valence-corrected chi connectivity index (χ3v) is 3.17. The van der Waals surface area contributed by atoms with E-state index in [1.165, 1.54) is 0 Å². The molecule has 0 fully saturated rings. The maximum absolute atomic E-state index is 9.45. The lowest BCUT2D eigenvalue weighted by molar-refractivity contribution is 0.249. The van der Waals surface area contributed by atoms with E-state index in [0.717, 1.165) is 18.4 Å². The highest BCUT2D eigenvalue weighted by Gasteiger charge is 2.16. The molecule has 0 aromatic carbocycles. The molecule has 0 aliphatic rings. The van der Waals surface area contributed by atoms with E-state index >= 15 is 0 Å². The second-order valence-electron chi connectivity index (χ2n) is 5.13. The molecule has 7 heteroatoms. The highest BCUT2D eigenvalue weighted by atomic mass is 16.3. The maximum Gasteiger partial charge on any atom is 0.226 e. The number of hydrogen-bond acceptors (Lipinski definition) is 6. The van der Waals surface area contributed by atoms with Gasteiger partial charge in [0.2, 0.25) is 5.95 Å². The summed E-state index contributed by atoms with van der Waals surface area (Å²) in [5.74, 6) is 1.55. The van der Waals surface area contributed by atoms with Crippen molar-refractivity contribution < 1.29 is 5.11 Å². The van der Waals surface area contributed by atoms with E-state index in [2.05, 4.69) is 51.6 Å². The Bertz CT molecular complexity index is 553. The number of aromatic nitrogens is 4. The predicted octanol–water partition coefficient (Wildman–Crippen LogP) is 1.60. The molecule has 0 saturated carbocycles. The van der Waals surface area contributed by atoms with Crippen LogP contribution in [0.2, 0.25) is 0 Å². The van der Waals surface area contributed by atoms with E-state index in [-0.39, 0.29) is 12.6 Å². The first kappa shape index (κ1) is 14.5. The van der Waals surface area contributed by atoms with Gasteiger partial charge in [-0.1, -0.05) is 20.8 Å². The summed E-state index contributed by atoms with van der Waals surface area (Å²) in [7, 11) is 0. The van der Waals surface area contributed by atoms with E-state index < -0.39 is 0 Å². The van der Waals surface area contributed by atoms with E-state index in [1.807, 2.05) is 0 Å². The maximum atomic E-state index is 9.45. The minimum absolute atomic E-state index is 0.0537. The molecule has 0 aliphatic carbocycles. The highest BCUT2D eigenvalue weighted by Crippen LogP contribution is 2.21. The monoisotopic (exact) mass is 278 g/mol. The number of aliphatic hydroxyl groups is 1. The fraction of sp³-hybridized carbons (Fsp3) is 0.615. The summed E-state index contributed by atoms with van der Waals surface area (Å²) in [6.07, 6.45) is 2.69. The van der Waals surface area contributed by atoms with Crippen LogP contribution in [0.5, 0.6) is 0 Å². The van der Waals surface area contributed by atoms with Gasteiger partial charge in [0.1, 0.15) is 5.82 Å². The van der Waals surface area contributed by atoms with E-state index in [0.29, 0.717) is 23.3 Å². The highest BCUT2D eigenvalue weighted by molar-refractivity contribution is 5.87. The van der Waals surface area contributed by atoms with Crippen LogP contribution in [0.1, 0.15) is 27.2 Å². The average molecular weight is 278 g/mol. The number of H-pyrrole nitrogens is 1. The zero-order valence-electron chi connectivity index (χ0n) is 12.1. The topological polar surface area (TPSA) is 98.8 Å². The van der Waals surface area contributed by atoms with Crippen molar-refractivity contribution in [1.82, 2.24) is 20.2 Å². The number of hydrogen-bond donors (Lipinski definition) is 4. The third-order valence-electron chi connectivity index (χ3n) is 3.17. The van der Waals surface area contributed by atoms with Crippen molar-refractivity contribution >= 4 is 22.8 Å². The molecule has 0 radical (unpaired) electrons. The van der Waals surface area contributed by atoms with Crippen molar-refractivity contribution in [3.63, 3.8) is 0 Å². The first-order chi connectivity index (χ1) is 9.65. The summed E-state index contributed by atoms with van der Waals surface area (Å²) < 4.78 is 0. The minimum Gasteiger partial charge on any atom is -0.394 e. The van der Waals surface area contributed by atoms with Gasteiger partial charge < -0.3 is 15.7 Å². The van der Waals surface area contributed by atoms with Gasteiger partial charge in [0.05, 0.1) is 24.2 Å². The van der Waals surface area contributed by atoms with Gasteiger partial charge >= 0.3 is 0 Å². The molecule has 0 aliphatic heterocycles. The van der Waals surface area contributed by atoms with Crippen molar-refractivity contribution in [3.8, 4) is 0 Å². The molecule has 110 valence electrons. The van der Waals surface area contributed by atoms with Crippen LogP contribution in [0.4, 0.5) is 11.8 Å². The summed E-state index contributed by atoms with van der Waals surface area (Å²) in [6, 6.07) is -0.0537. The smallest absolute Gasteiger partial charge is 0.226 e. The lowest BCUT2D eigenvalue weighted by atomic mass is 10.1. The van der Waals surface area contributed by atoms with Gasteiger partial charge in [0, 0.05) is 6.54 Å². The van der Waals surface area contributed by atoms with Crippen LogP contribution >= 0.6 is 0 Å². The molecule has 4 N–H and O–H groups in total. The van der Waals surface area contributed by atoms with Crippen LogP contribution in [0.3, 0.4) is 0 Å². The SMILES string of the molecule is CCCNc1nc(NC(CO)C(C)C)c2cn[nH]c2n1. The predicted molar refractivity (Wildman–Crippen MR) is 79.8 cm³/mol. The van der Waals surface area contributed by atoms with Gasteiger partial charge in [-0.05, 0) is 12.3 Å². The number of rotatable bonds is 7. The largest absolute Gasteiger partial charge is 0.394 e. The molecule has 0 amide bonds. The Labute approximate surface area is 118 Å². The fourth-order valence-corrected chi connectivity index (χ4v) is 1.86. The molecule has 7 nitrogen and oxygen atoms in total. The lowest BCUT2D eigenvalue weighted by Crippen LogP contribution is -2.30. The van der Waals surface area contributed by atoms with Crippen molar-refractivity contribution in [2.24, 2.45) is 5.92 Å². The molecule has 1 atom stereocenters. The second kappa shape index (κ2) is 6.51. The molecular formula is C13H22N6O. The van der Waals surface area contributed by atoms with Gasteiger partial charge in [-0.15, -0.1) is 0 Å². The summed E-state index contributed by atoms with van der Waals surface area (Å²) in [4.78, 5) is 8.84. The van der Waals surface area contributed by atoms with Crippen LogP contribution in [-0.2, 0) is 0 Å². The normalized spacial score (nSPS) is 12.8. The van der Waals surface area contributed by atoms with Gasteiger partial charge in [0.15, 0.2) is 5.65 Å². The van der Waals surface area contributed by atoms with Gasteiger partial charge in [-0.2, -0.15) is 15.1 Å². The summed E-state index contributed by atoms with van der Waals surface area (Å²) >= 11 is 0. The van der Waals surface area contributed by atoms with Crippen LogP contribution in [-0.4, -0.2) is 44.5 Å². The standard InChI is InChI=1S/C13H22N6O/c1-4-5-14-13-17-11(16-10(7-20)8(2)3)9-6-15-19-12(9)18-13/h6,8,10,20H,4-5,7H2,1-3H3,(H3,14,15,16,17,18,19). The number of aliphatic hydroxyl groups excluding tert-OH is 1. The second-order valence-corrected chi connectivity index (χ2v) is 5.13. The zero-order chi connectivity index (χ0) is 14.5. The van der Waals surface area contributed by atoms with Gasteiger partial charge in [-0.3, -0.25) is 5.10 Å². The molecule has 2 heterocycles. The third kappa shape index (κ3) is 3.16. The first-order valence-electron chi connectivity index (χ1n) is 6.98. The Morgan fingerprint density at radius 2 is 2.15 bits per heavy atom. The Morgan fingerprint density at radius 3 is 2.80 bits per heavy atom. The fourth-order valence-electron chi connectivity index (χ4n) is 1.86. The zero-order valence-corrected chi connectivity index (χ0v) is 12.1. The molecule has 0 saturated heterocycles. The van der Waals surface area contributed by atoms with Crippen molar-refractivity contribution in [1.29, 1.82) is 0 Å². The summed E-state index contributed by atoms with van der Waals surface area (Å²) in [5.41, 5.74) is 0.682. The van der Waals surface area contributed by atoms with Crippen molar-refractivity contribution in [2.45, 2.75) is 33.2 Å². The number of fused-ring (bicyclic) bond motifs is 1. The summed E-state index contributed by atoms with van der Waals surface area (Å²) in [6.45, 7) is 7.06. The Kier molecular flexibility index (Phi) is 4.73. The van der Waals surface area contributed by atoms with Gasteiger partial charge in [0.25, 0.3) is 0 Å². The molecule has 2 aromatic rings. The molecule has 0 bridgehead atoms. The quantitative estimate of drug-likeness (QED) is 0.614. The number of nitrogens with one attached hydrogen (secondary N) is 3. The van der Waals surface area contributed by atoms with Gasteiger partial charge in [-0.25, -0.2) is 0 Å². The van der Waals surface area contributed by atoms with Crippen molar-refractivity contribution in [3.05, 3.63) is 6.20 Å². The van der Waals surface area contributed by atoms with Crippen LogP contribution in [0, 0.1) is 5.92 Å². The number of aromatic amines is 1. The van der Waals surface area contributed by atoms with E-state index in [9.17, 15) is 5.11 Å². The van der Waals surface area contributed by atoms with Crippen LogP contribution < -0.4 is 10.6 Å². The van der Waals surface area contributed by atoms with Crippen LogP contribution in [0.25, 0.3) is 11.0 Å². The molecule has 1 unspecified atom stereocenters. The average Bonchev–Trinajstić information content (AvgIpc) is 2.90. The first-order valence-corrected chi connectivity index (χ1v) is 6.98. The minimum atomic E-state index is -0.0537. The van der Waals surface area contributed by atoms with E-state index in [4.69, 9.17) is 0 Å². The Morgan fingerprint density at radius 1 is 1.35 bits per heavy atom. The lowest BCUT2D eigenvalue weighted by Gasteiger charge is -2.21. The van der Waals surface area contributed by atoms with Crippen LogP contribution in [0.15, 0.2) is 6.20 Å².